The number of ether oxygens (including phenoxy) is 2. The Morgan fingerprint density at radius 2 is 2.20 bits per heavy atom. The number of carbonyl (C=O) groups excluding carboxylic acids is 2. The number of nitrogens with one attached hydrogen (secondary N) is 1. The van der Waals surface area contributed by atoms with E-state index < -0.39 is 0 Å². The first-order valence-electron chi connectivity index (χ1n) is 8.54. The highest BCUT2D eigenvalue weighted by atomic mass is 35.5. The normalized spacial score (nSPS) is 28.3. The van der Waals surface area contributed by atoms with Gasteiger partial charge in [0.05, 0.1) is 18.2 Å². The Kier molecular flexibility index (Phi) is 4.12. The van der Waals surface area contributed by atoms with E-state index in [9.17, 15) is 9.59 Å². The molecule has 7 heteroatoms. The Balaban J connectivity index is 1.20. The van der Waals surface area contributed by atoms with Crippen molar-refractivity contribution >= 4 is 23.6 Å². The number of cyclic esters (lactones) is 1. The lowest BCUT2D eigenvalue weighted by Gasteiger charge is -2.47. The largest absolute Gasteiger partial charge is 0.447 e. The van der Waals surface area contributed by atoms with Crippen molar-refractivity contribution in [3.63, 3.8) is 0 Å². The summed E-state index contributed by atoms with van der Waals surface area (Å²) in [7, 11) is 0. The molecule has 1 aromatic carbocycles. The quantitative estimate of drug-likeness (QED) is 0.889. The Hall–Kier alpha value is -1.79. The van der Waals surface area contributed by atoms with E-state index in [4.69, 9.17) is 21.1 Å². The van der Waals surface area contributed by atoms with Gasteiger partial charge in [-0.1, -0.05) is 23.7 Å². The summed E-state index contributed by atoms with van der Waals surface area (Å²) in [6.07, 6.45) is 1.01. The van der Waals surface area contributed by atoms with Crippen molar-refractivity contribution in [1.29, 1.82) is 0 Å². The molecule has 134 valence electrons. The predicted molar refractivity (Wildman–Crippen MR) is 91.3 cm³/mol. The van der Waals surface area contributed by atoms with Gasteiger partial charge in [0.15, 0.2) is 0 Å². The van der Waals surface area contributed by atoms with E-state index >= 15 is 0 Å². The average Bonchev–Trinajstić information content (AvgIpc) is 2.88. The third kappa shape index (κ3) is 3.20. The molecule has 6 nitrogen and oxygen atoms in total. The van der Waals surface area contributed by atoms with E-state index in [2.05, 4.69) is 5.32 Å². The van der Waals surface area contributed by atoms with E-state index in [1.165, 1.54) is 0 Å². The molecule has 25 heavy (non-hydrogen) atoms. The van der Waals surface area contributed by atoms with E-state index in [1.807, 2.05) is 30.0 Å². The molecule has 2 heterocycles. The summed E-state index contributed by atoms with van der Waals surface area (Å²) >= 11 is 6.21. The number of nitrogens with zero attached hydrogens (tertiary/aromatic N) is 1. The van der Waals surface area contributed by atoms with E-state index in [1.54, 1.807) is 0 Å². The fourth-order valence-corrected chi connectivity index (χ4v) is 4.02. The van der Waals surface area contributed by atoms with Crippen molar-refractivity contribution < 1.29 is 19.1 Å². The highest BCUT2D eigenvalue weighted by molar-refractivity contribution is 6.31. The third-order valence-electron chi connectivity index (χ3n) is 5.31. The maximum atomic E-state index is 12.4. The molecular formula is C18H21ClN2O4. The second-order valence-corrected chi connectivity index (χ2v) is 7.76. The van der Waals surface area contributed by atoms with Crippen molar-refractivity contribution in [3.05, 3.63) is 34.3 Å². The van der Waals surface area contributed by atoms with Gasteiger partial charge in [0.25, 0.3) is 0 Å². The molecule has 2 aliphatic heterocycles. The predicted octanol–water partition coefficient (Wildman–Crippen LogP) is 2.26. The molecule has 3 aliphatic rings. The van der Waals surface area contributed by atoms with Crippen molar-refractivity contribution in [2.75, 3.05) is 19.7 Å². The van der Waals surface area contributed by atoms with Crippen LogP contribution in [0.1, 0.15) is 24.0 Å². The maximum absolute atomic E-state index is 12.4. The summed E-state index contributed by atoms with van der Waals surface area (Å²) < 4.78 is 10.8. The number of halogens is 1. The Labute approximate surface area is 151 Å². The number of hydrogen-bond donors (Lipinski definition) is 1. The van der Waals surface area contributed by atoms with E-state index in [0.29, 0.717) is 44.2 Å². The smallest absolute Gasteiger partial charge is 0.407 e. The summed E-state index contributed by atoms with van der Waals surface area (Å²) in [5, 5.41) is 3.53. The number of hydrogen-bond acceptors (Lipinski definition) is 4. The average molecular weight is 365 g/mol. The monoisotopic (exact) mass is 364 g/mol. The highest BCUT2D eigenvalue weighted by Crippen LogP contribution is 2.42. The number of alkyl carbamates (subject to hydrolysis) is 1. The topological polar surface area (TPSA) is 67.9 Å². The first-order valence-corrected chi connectivity index (χ1v) is 8.92. The van der Waals surface area contributed by atoms with Gasteiger partial charge in [0.2, 0.25) is 5.91 Å². The van der Waals surface area contributed by atoms with Crippen molar-refractivity contribution in [2.24, 2.45) is 5.92 Å². The molecule has 1 N–H and O–H groups in total. The molecule has 1 aliphatic carbocycles. The molecule has 0 radical (unpaired) electrons. The fourth-order valence-electron chi connectivity index (χ4n) is 3.73. The zero-order valence-electron chi connectivity index (χ0n) is 14.1. The molecule has 0 bridgehead atoms. The van der Waals surface area contributed by atoms with Crippen LogP contribution in [0.15, 0.2) is 18.2 Å². The van der Waals surface area contributed by atoms with Crippen LogP contribution >= 0.6 is 11.6 Å². The van der Waals surface area contributed by atoms with Gasteiger partial charge in [0.1, 0.15) is 6.61 Å². The second kappa shape index (κ2) is 6.18. The molecule has 1 aromatic rings. The minimum Gasteiger partial charge on any atom is -0.447 e. The Bertz CT molecular complexity index is 711. The van der Waals surface area contributed by atoms with Crippen LogP contribution in [0.3, 0.4) is 0 Å². The van der Waals surface area contributed by atoms with Crippen molar-refractivity contribution in [2.45, 2.75) is 38.0 Å². The summed E-state index contributed by atoms with van der Waals surface area (Å²) in [6, 6.07) is 5.92. The SMILES string of the molecule is Cc1ccc(COC2CN(C(=O)[C@H]3C[C@]4(COC(=O)N4)C3)C2)c(Cl)c1. The lowest BCUT2D eigenvalue weighted by molar-refractivity contribution is -0.155. The van der Waals surface area contributed by atoms with Gasteiger partial charge in [-0.05, 0) is 37.0 Å². The standard InChI is InChI=1S/C18H21ClN2O4/c1-11-2-3-12(15(19)4-11)9-24-14-7-21(8-14)16(22)13-5-18(6-13)10-25-17(23)20-18/h2-4,13-14H,5-10H2,1H3,(H,20,23)/t13-,18+. The lowest BCUT2D eigenvalue weighted by atomic mass is 9.68. The summed E-state index contributed by atoms with van der Waals surface area (Å²) in [4.78, 5) is 25.4. The van der Waals surface area contributed by atoms with Crippen LogP contribution in [0.5, 0.6) is 0 Å². The molecule has 1 saturated carbocycles. The van der Waals surface area contributed by atoms with Crippen molar-refractivity contribution in [3.8, 4) is 0 Å². The molecule has 1 spiro atoms. The first kappa shape index (κ1) is 16.7. The molecule has 0 aromatic heterocycles. The van der Waals surface area contributed by atoms with Crippen molar-refractivity contribution in [1.82, 2.24) is 10.2 Å². The molecular weight excluding hydrogens is 344 g/mol. The van der Waals surface area contributed by atoms with Crippen LogP contribution in [-0.2, 0) is 20.9 Å². The molecule has 4 rings (SSSR count). The second-order valence-electron chi connectivity index (χ2n) is 7.36. The molecule has 3 fully saturated rings. The molecule has 0 unspecified atom stereocenters. The van der Waals surface area contributed by atoms with Crippen LogP contribution in [0, 0.1) is 12.8 Å². The molecule has 2 saturated heterocycles. The number of amides is 2. The van der Waals surface area contributed by atoms with Crippen LogP contribution in [-0.4, -0.2) is 48.2 Å². The number of likely N-dealkylation sites (tertiary alicyclic amines) is 1. The van der Waals surface area contributed by atoms with E-state index in [0.717, 1.165) is 11.1 Å². The van der Waals surface area contributed by atoms with Gasteiger partial charge in [-0.2, -0.15) is 0 Å². The van der Waals surface area contributed by atoms with E-state index in [-0.39, 0.29) is 29.6 Å². The van der Waals surface area contributed by atoms with Gasteiger partial charge in [-0.15, -0.1) is 0 Å². The third-order valence-corrected chi connectivity index (χ3v) is 5.66. The van der Waals surface area contributed by atoms with Gasteiger partial charge in [-0.3, -0.25) is 4.79 Å². The van der Waals surface area contributed by atoms with Gasteiger partial charge < -0.3 is 19.7 Å². The van der Waals surface area contributed by atoms with Gasteiger partial charge in [-0.25, -0.2) is 4.79 Å². The van der Waals surface area contributed by atoms with Crippen LogP contribution in [0.4, 0.5) is 4.79 Å². The van der Waals surface area contributed by atoms with Gasteiger partial charge in [0, 0.05) is 24.0 Å². The number of carbonyl (C=O) groups is 2. The fraction of sp³-hybridized carbons (Fsp3) is 0.556. The lowest BCUT2D eigenvalue weighted by Crippen LogP contribution is -2.62. The first-order chi connectivity index (χ1) is 11.9. The molecule has 0 atom stereocenters. The number of benzene rings is 1. The van der Waals surface area contributed by atoms with Crippen LogP contribution in [0.25, 0.3) is 0 Å². The summed E-state index contributed by atoms with van der Waals surface area (Å²) in [5.41, 5.74) is 1.78. The minimum absolute atomic E-state index is 0.0190. The number of rotatable bonds is 4. The Morgan fingerprint density at radius 3 is 2.84 bits per heavy atom. The Morgan fingerprint density at radius 1 is 1.44 bits per heavy atom. The summed E-state index contributed by atoms with van der Waals surface area (Å²) in [5.74, 6) is 0.134. The highest BCUT2D eigenvalue weighted by Gasteiger charge is 2.54. The zero-order valence-corrected chi connectivity index (χ0v) is 14.8. The van der Waals surface area contributed by atoms with Gasteiger partial charge >= 0.3 is 6.09 Å². The molecule has 2 amide bonds. The van der Waals surface area contributed by atoms with Crippen LogP contribution in [0.2, 0.25) is 5.02 Å². The minimum atomic E-state index is -0.377. The maximum Gasteiger partial charge on any atom is 0.407 e. The summed E-state index contributed by atoms with van der Waals surface area (Å²) in [6.45, 7) is 4.07. The van der Waals surface area contributed by atoms with Crippen LogP contribution < -0.4 is 5.32 Å². The zero-order chi connectivity index (χ0) is 17.6. The number of aryl methyl sites for hydroxylation is 1.